The van der Waals surface area contributed by atoms with Gasteiger partial charge in [-0.1, -0.05) is 23.7 Å². The van der Waals surface area contributed by atoms with E-state index < -0.39 is 9.84 Å². The quantitative estimate of drug-likeness (QED) is 0.500. The number of rotatable bonds is 6. The highest BCUT2D eigenvalue weighted by atomic mass is 35.5. The summed E-state index contributed by atoms with van der Waals surface area (Å²) in [7, 11) is 0.268. The van der Waals surface area contributed by atoms with Crippen LogP contribution in [-0.2, 0) is 28.2 Å². The summed E-state index contributed by atoms with van der Waals surface area (Å²) in [6, 6.07) is 10.3. The Balaban J connectivity index is 1.32. The number of aromatic nitrogens is 1. The number of sulfone groups is 1. The van der Waals surface area contributed by atoms with Crippen LogP contribution in [0.25, 0.3) is 10.8 Å². The van der Waals surface area contributed by atoms with Crippen LogP contribution in [0, 0.1) is 6.92 Å². The lowest BCUT2D eigenvalue weighted by Crippen LogP contribution is -2.48. The highest BCUT2D eigenvalue weighted by Gasteiger charge is 2.24. The second-order valence-corrected chi connectivity index (χ2v) is 12.2. The fourth-order valence-corrected chi connectivity index (χ4v) is 6.73. The first kappa shape index (κ1) is 24.9. The average molecular weight is 521 g/mol. The van der Waals surface area contributed by atoms with E-state index in [2.05, 4.69) is 21.4 Å². The molecule has 1 amide bonds. The van der Waals surface area contributed by atoms with E-state index in [4.69, 9.17) is 11.6 Å². The van der Waals surface area contributed by atoms with E-state index in [-0.39, 0.29) is 23.0 Å². The molecule has 1 fully saturated rings. The smallest absolute Gasteiger partial charge is 0.223 e. The largest absolute Gasteiger partial charge is 0.340 e. The first-order chi connectivity index (χ1) is 16.2. The molecule has 1 aromatic heterocycles. The Labute approximate surface area is 209 Å². The van der Waals surface area contributed by atoms with Crippen molar-refractivity contribution in [3.8, 4) is 0 Å². The summed E-state index contributed by atoms with van der Waals surface area (Å²) in [4.78, 5) is 23.7. The van der Waals surface area contributed by atoms with Crippen molar-refractivity contribution in [3.05, 3.63) is 56.8 Å². The molecule has 0 saturated carbocycles. The first-order valence-corrected chi connectivity index (χ1v) is 14.0. The molecular formula is C24H29ClN4O3S2. The van der Waals surface area contributed by atoms with Crippen molar-refractivity contribution < 1.29 is 13.2 Å². The van der Waals surface area contributed by atoms with Gasteiger partial charge >= 0.3 is 0 Å². The average Bonchev–Trinajstić information content (AvgIpc) is 3.10. The molecule has 3 aromatic rings. The Morgan fingerprint density at radius 3 is 2.44 bits per heavy atom. The van der Waals surface area contributed by atoms with Gasteiger partial charge in [-0.05, 0) is 42.0 Å². The lowest BCUT2D eigenvalue weighted by molar-refractivity contribution is -0.132. The van der Waals surface area contributed by atoms with Crippen molar-refractivity contribution in [1.82, 2.24) is 14.4 Å². The van der Waals surface area contributed by atoms with Crippen LogP contribution in [0.5, 0.6) is 0 Å². The molecule has 1 aliphatic rings. The second-order valence-electron chi connectivity index (χ2n) is 8.55. The van der Waals surface area contributed by atoms with E-state index in [0.717, 1.165) is 35.2 Å². The second kappa shape index (κ2) is 10.2. The van der Waals surface area contributed by atoms with E-state index in [1.165, 1.54) is 10.6 Å². The number of hydrogen-bond donors (Lipinski definition) is 0. The number of piperazine rings is 1. The van der Waals surface area contributed by atoms with Crippen LogP contribution in [0.3, 0.4) is 0 Å². The molecule has 2 heterocycles. The van der Waals surface area contributed by atoms with Crippen molar-refractivity contribution in [2.45, 2.75) is 24.8 Å². The minimum absolute atomic E-state index is 0.0117. The Hall–Kier alpha value is -2.20. The number of carbonyl (C=O) groups excluding carboxylic acids is 1. The van der Waals surface area contributed by atoms with E-state index in [0.29, 0.717) is 18.1 Å². The van der Waals surface area contributed by atoms with Crippen LogP contribution in [0.4, 0.5) is 0 Å². The lowest BCUT2D eigenvalue weighted by atomic mass is 10.1. The summed E-state index contributed by atoms with van der Waals surface area (Å²) in [5, 5.41) is 2.30. The van der Waals surface area contributed by atoms with Gasteiger partial charge in [-0.3, -0.25) is 14.7 Å². The summed E-state index contributed by atoms with van der Waals surface area (Å²) in [6.45, 7) is 5.69. The number of benzene rings is 2. The Morgan fingerprint density at radius 2 is 1.76 bits per heavy atom. The van der Waals surface area contributed by atoms with Crippen molar-refractivity contribution >= 4 is 49.5 Å². The molecule has 0 spiro atoms. The van der Waals surface area contributed by atoms with Gasteiger partial charge in [0.05, 0.1) is 10.6 Å². The molecule has 7 nitrogen and oxygen atoms in total. The fraction of sp³-hybridized carbons (Fsp3) is 0.417. The third kappa shape index (κ3) is 5.38. The monoisotopic (exact) mass is 520 g/mol. The normalized spacial score (nSPS) is 15.9. The Bertz CT molecular complexity index is 1390. The van der Waals surface area contributed by atoms with Gasteiger partial charge in [0.1, 0.15) is 0 Å². The minimum Gasteiger partial charge on any atom is -0.340 e. The Morgan fingerprint density at radius 1 is 1.09 bits per heavy atom. The third-order valence-corrected chi connectivity index (χ3v) is 9.67. The zero-order chi connectivity index (χ0) is 24.5. The molecule has 0 N–H and O–H groups in total. The number of fused-ring (bicyclic) bond motifs is 1. The molecule has 0 radical (unpaired) electrons. The number of hydrogen-bond acceptors (Lipinski definition) is 6. The van der Waals surface area contributed by atoms with Gasteiger partial charge in [0.25, 0.3) is 0 Å². The van der Waals surface area contributed by atoms with Gasteiger partial charge in [0.2, 0.25) is 5.91 Å². The number of thiazole rings is 1. The standard InChI is InChI=1S/C24H29ClN4O3S2/c1-17-22(33-24(26-2)27(17)3)16-28-9-11-29(12-10-28)23(30)8-13-34(31,32)21-7-5-18-14-20(25)6-4-19(18)15-21/h4-7,14-15H,8-13,16H2,1-3H3. The van der Waals surface area contributed by atoms with Gasteiger partial charge in [0.15, 0.2) is 14.6 Å². The molecule has 4 rings (SSSR count). The SMILES string of the molecule is CN=c1sc(CN2CCN(C(=O)CCS(=O)(=O)c3ccc4cc(Cl)ccc4c3)CC2)c(C)n1C. The van der Waals surface area contributed by atoms with E-state index in [9.17, 15) is 13.2 Å². The van der Waals surface area contributed by atoms with Crippen molar-refractivity contribution in [2.24, 2.45) is 12.0 Å². The maximum absolute atomic E-state index is 12.9. The number of carbonyl (C=O) groups is 1. The maximum atomic E-state index is 12.9. The lowest BCUT2D eigenvalue weighted by Gasteiger charge is -2.34. The van der Waals surface area contributed by atoms with Gasteiger partial charge < -0.3 is 9.47 Å². The number of halogens is 1. The maximum Gasteiger partial charge on any atom is 0.223 e. The molecule has 1 saturated heterocycles. The van der Waals surface area contributed by atoms with Crippen LogP contribution in [0.2, 0.25) is 5.02 Å². The van der Waals surface area contributed by atoms with Crippen molar-refractivity contribution in [2.75, 3.05) is 39.0 Å². The predicted octanol–water partition coefficient (Wildman–Crippen LogP) is 3.24. The van der Waals surface area contributed by atoms with E-state index in [1.807, 2.05) is 7.05 Å². The van der Waals surface area contributed by atoms with E-state index in [1.54, 1.807) is 59.7 Å². The summed E-state index contributed by atoms with van der Waals surface area (Å²) in [6.07, 6.45) is -0.0117. The van der Waals surface area contributed by atoms with Gasteiger partial charge in [-0.25, -0.2) is 8.42 Å². The molecule has 0 bridgehead atoms. The first-order valence-electron chi connectivity index (χ1n) is 11.2. The predicted molar refractivity (Wildman–Crippen MR) is 137 cm³/mol. The highest BCUT2D eigenvalue weighted by Crippen LogP contribution is 2.24. The van der Waals surface area contributed by atoms with Gasteiger partial charge in [-0.15, -0.1) is 11.3 Å². The van der Waals surface area contributed by atoms with Gasteiger partial charge in [0, 0.05) is 68.8 Å². The summed E-state index contributed by atoms with van der Waals surface area (Å²) in [5.74, 6) is -0.305. The molecule has 0 unspecified atom stereocenters. The Kier molecular flexibility index (Phi) is 7.47. The number of nitrogens with zero attached hydrogens (tertiary/aromatic N) is 4. The minimum atomic E-state index is -3.56. The van der Waals surface area contributed by atoms with Crippen LogP contribution in [-0.4, -0.2) is 67.7 Å². The van der Waals surface area contributed by atoms with Crippen LogP contribution >= 0.6 is 22.9 Å². The van der Waals surface area contributed by atoms with Gasteiger partial charge in [-0.2, -0.15) is 0 Å². The molecule has 0 aliphatic carbocycles. The summed E-state index contributed by atoms with van der Waals surface area (Å²) < 4.78 is 27.8. The van der Waals surface area contributed by atoms with Crippen molar-refractivity contribution in [1.29, 1.82) is 0 Å². The van der Waals surface area contributed by atoms with Crippen LogP contribution in [0.15, 0.2) is 46.3 Å². The molecule has 182 valence electrons. The fourth-order valence-electron chi connectivity index (χ4n) is 4.17. The molecular weight excluding hydrogens is 492 g/mol. The van der Waals surface area contributed by atoms with Crippen LogP contribution in [0.1, 0.15) is 17.0 Å². The van der Waals surface area contributed by atoms with Crippen molar-refractivity contribution in [3.63, 3.8) is 0 Å². The highest BCUT2D eigenvalue weighted by molar-refractivity contribution is 7.91. The molecule has 1 aliphatic heterocycles. The number of amides is 1. The molecule has 0 atom stereocenters. The molecule has 2 aromatic carbocycles. The zero-order valence-electron chi connectivity index (χ0n) is 19.6. The molecule has 10 heteroatoms. The summed E-state index contributed by atoms with van der Waals surface area (Å²) >= 11 is 7.71. The topological polar surface area (TPSA) is 75.0 Å². The zero-order valence-corrected chi connectivity index (χ0v) is 22.0. The summed E-state index contributed by atoms with van der Waals surface area (Å²) in [5.41, 5.74) is 1.21. The third-order valence-electron chi connectivity index (χ3n) is 6.41. The molecule has 34 heavy (non-hydrogen) atoms. The van der Waals surface area contributed by atoms with Crippen LogP contribution < -0.4 is 4.80 Å². The van der Waals surface area contributed by atoms with E-state index >= 15 is 0 Å².